The second kappa shape index (κ2) is 13.0. The quantitative estimate of drug-likeness (QED) is 0.586. The molecule has 0 aliphatic heterocycles. The van der Waals surface area contributed by atoms with Crippen LogP contribution in [-0.4, -0.2) is 18.0 Å². The van der Waals surface area contributed by atoms with Gasteiger partial charge in [0.2, 0.25) is 0 Å². The highest BCUT2D eigenvalue weighted by Crippen LogP contribution is 2.06. The predicted molar refractivity (Wildman–Crippen MR) is 72.0 cm³/mol. The molecule has 0 aromatic heterocycles. The molecule has 0 N–H and O–H groups in total. The van der Waals surface area contributed by atoms with Crippen LogP contribution in [-0.2, 0) is 0 Å². The molecule has 0 aromatic carbocycles. The van der Waals surface area contributed by atoms with Gasteiger partial charge in [-0.25, -0.2) is 0 Å². The molecule has 1 nitrogen and oxygen atoms in total. The Balaban J connectivity index is 0. The fourth-order valence-corrected chi connectivity index (χ4v) is 1.29. The molecule has 0 bridgehead atoms. The Morgan fingerprint density at radius 1 is 1.27 bits per heavy atom. The molecule has 0 radical (unpaired) electrons. The monoisotopic (exact) mass is 209 g/mol. The van der Waals surface area contributed by atoms with Crippen LogP contribution in [0.4, 0.5) is 0 Å². The average molecular weight is 209 g/mol. The zero-order chi connectivity index (χ0) is 12.1. The molecule has 0 fully saturated rings. The summed E-state index contributed by atoms with van der Waals surface area (Å²) in [5.41, 5.74) is 1.28. The summed E-state index contributed by atoms with van der Waals surface area (Å²) < 4.78 is 0. The van der Waals surface area contributed by atoms with Crippen LogP contribution in [0.3, 0.4) is 0 Å². The standard InChI is InChI=1S/C12H21N.C2H6/c1-5-9-10-12(7-3)13(8-4)11-6-2;1-2/h5,7,9-10H,1,6,8,11H2,2-4H3;1-2H3/b10-9-,12-7+;. The molecule has 0 aromatic rings. The third-order valence-electron chi connectivity index (χ3n) is 1.94. The first kappa shape index (κ1) is 16.4. The summed E-state index contributed by atoms with van der Waals surface area (Å²) in [4.78, 5) is 2.36. The van der Waals surface area contributed by atoms with E-state index in [-0.39, 0.29) is 0 Å². The molecular weight excluding hydrogens is 182 g/mol. The lowest BCUT2D eigenvalue weighted by Gasteiger charge is -2.23. The lowest BCUT2D eigenvalue weighted by atomic mass is 10.3. The second-order valence-electron chi connectivity index (χ2n) is 2.89. The molecule has 0 saturated carbocycles. The Bertz CT molecular complexity index is 190. The first-order valence-corrected chi connectivity index (χ1v) is 6.00. The largest absolute Gasteiger partial charge is 0.372 e. The van der Waals surface area contributed by atoms with Gasteiger partial charge in [0, 0.05) is 18.8 Å². The summed E-state index contributed by atoms with van der Waals surface area (Å²) >= 11 is 0. The fourth-order valence-electron chi connectivity index (χ4n) is 1.29. The van der Waals surface area contributed by atoms with E-state index in [1.807, 2.05) is 26.0 Å². The van der Waals surface area contributed by atoms with Crippen LogP contribution in [0.2, 0.25) is 0 Å². The molecule has 0 heterocycles. The van der Waals surface area contributed by atoms with Gasteiger partial charge < -0.3 is 4.90 Å². The number of nitrogens with zero attached hydrogens (tertiary/aromatic N) is 1. The van der Waals surface area contributed by atoms with E-state index < -0.39 is 0 Å². The van der Waals surface area contributed by atoms with Crippen molar-refractivity contribution in [2.24, 2.45) is 0 Å². The molecule has 0 unspecified atom stereocenters. The van der Waals surface area contributed by atoms with Crippen molar-refractivity contribution in [2.75, 3.05) is 13.1 Å². The average Bonchev–Trinajstić information content (AvgIpc) is 2.31. The van der Waals surface area contributed by atoms with Gasteiger partial charge in [0.25, 0.3) is 0 Å². The van der Waals surface area contributed by atoms with Gasteiger partial charge in [-0.2, -0.15) is 0 Å². The first-order chi connectivity index (χ1) is 7.29. The van der Waals surface area contributed by atoms with Gasteiger partial charge in [-0.3, -0.25) is 0 Å². The highest BCUT2D eigenvalue weighted by Gasteiger charge is 2.00. The van der Waals surface area contributed by atoms with Crippen molar-refractivity contribution < 1.29 is 0 Å². The van der Waals surface area contributed by atoms with Gasteiger partial charge >= 0.3 is 0 Å². The fraction of sp³-hybridized carbons (Fsp3) is 0.571. The number of hydrogen-bond acceptors (Lipinski definition) is 1. The third-order valence-corrected chi connectivity index (χ3v) is 1.94. The van der Waals surface area contributed by atoms with Crippen molar-refractivity contribution in [3.05, 3.63) is 36.6 Å². The molecule has 88 valence electrons. The summed E-state index contributed by atoms with van der Waals surface area (Å²) in [6, 6.07) is 0. The lowest BCUT2D eigenvalue weighted by Crippen LogP contribution is -2.22. The maximum atomic E-state index is 3.67. The Morgan fingerprint density at radius 2 is 1.87 bits per heavy atom. The van der Waals surface area contributed by atoms with E-state index in [2.05, 4.69) is 44.4 Å². The maximum absolute atomic E-state index is 3.67. The molecule has 0 spiro atoms. The molecule has 15 heavy (non-hydrogen) atoms. The van der Waals surface area contributed by atoms with Crippen molar-refractivity contribution in [2.45, 2.75) is 41.0 Å². The van der Waals surface area contributed by atoms with Gasteiger partial charge in [-0.05, 0) is 26.3 Å². The van der Waals surface area contributed by atoms with Crippen molar-refractivity contribution in [1.82, 2.24) is 4.90 Å². The third kappa shape index (κ3) is 8.04. The number of allylic oxidation sites excluding steroid dienone is 4. The minimum atomic E-state index is 1.06. The topological polar surface area (TPSA) is 3.24 Å². The molecule has 1 heteroatoms. The second-order valence-corrected chi connectivity index (χ2v) is 2.89. The van der Waals surface area contributed by atoms with E-state index >= 15 is 0 Å². The van der Waals surface area contributed by atoms with E-state index in [4.69, 9.17) is 0 Å². The summed E-state index contributed by atoms with van der Waals surface area (Å²) in [6.45, 7) is 16.3. The highest BCUT2D eigenvalue weighted by atomic mass is 15.1. The normalized spacial score (nSPS) is 10.9. The first-order valence-electron chi connectivity index (χ1n) is 6.00. The van der Waals surface area contributed by atoms with Gasteiger partial charge in [-0.1, -0.05) is 45.6 Å². The van der Waals surface area contributed by atoms with Crippen molar-refractivity contribution in [3.63, 3.8) is 0 Å². The summed E-state index contributed by atoms with van der Waals surface area (Å²) in [7, 11) is 0. The van der Waals surface area contributed by atoms with Gasteiger partial charge in [0.15, 0.2) is 0 Å². The summed E-state index contributed by atoms with van der Waals surface area (Å²) in [5.74, 6) is 0. The van der Waals surface area contributed by atoms with E-state index in [1.54, 1.807) is 0 Å². The van der Waals surface area contributed by atoms with Crippen LogP contribution in [0.1, 0.15) is 41.0 Å². The number of hydrogen-bond donors (Lipinski definition) is 0. The molecule has 0 aliphatic carbocycles. The van der Waals surface area contributed by atoms with Gasteiger partial charge in [0.1, 0.15) is 0 Å². The number of likely N-dealkylation sites (N-methyl/N-ethyl adjacent to an activating group) is 1. The Labute approximate surface area is 96.2 Å². The Kier molecular flexibility index (Phi) is 14.3. The molecule has 0 atom stereocenters. The van der Waals surface area contributed by atoms with Crippen molar-refractivity contribution >= 4 is 0 Å². The minimum Gasteiger partial charge on any atom is -0.372 e. The van der Waals surface area contributed by atoms with Crippen LogP contribution in [0.5, 0.6) is 0 Å². The van der Waals surface area contributed by atoms with Crippen molar-refractivity contribution in [3.8, 4) is 0 Å². The van der Waals surface area contributed by atoms with Gasteiger partial charge in [0.05, 0.1) is 0 Å². The Morgan fingerprint density at radius 3 is 2.20 bits per heavy atom. The lowest BCUT2D eigenvalue weighted by molar-refractivity contribution is 0.373. The maximum Gasteiger partial charge on any atom is 0.0322 e. The SMILES string of the molecule is C=C/C=C\C(=C/C)N(CC)CCC.CC. The minimum absolute atomic E-state index is 1.06. The molecule has 0 amide bonds. The highest BCUT2D eigenvalue weighted by molar-refractivity contribution is 5.19. The van der Waals surface area contributed by atoms with E-state index in [1.165, 1.54) is 12.1 Å². The zero-order valence-electron chi connectivity index (χ0n) is 11.1. The van der Waals surface area contributed by atoms with Gasteiger partial charge in [-0.15, -0.1) is 0 Å². The van der Waals surface area contributed by atoms with Crippen molar-refractivity contribution in [1.29, 1.82) is 0 Å². The summed E-state index contributed by atoms with van der Waals surface area (Å²) in [5, 5.41) is 0. The molecule has 0 saturated heterocycles. The van der Waals surface area contributed by atoms with E-state index in [0.717, 1.165) is 13.1 Å². The predicted octanol–water partition coefficient (Wildman–Crippen LogP) is 4.39. The van der Waals surface area contributed by atoms with E-state index in [9.17, 15) is 0 Å². The van der Waals surface area contributed by atoms with Crippen LogP contribution in [0, 0.1) is 0 Å². The van der Waals surface area contributed by atoms with Crippen LogP contribution >= 0.6 is 0 Å². The smallest absolute Gasteiger partial charge is 0.0322 e. The van der Waals surface area contributed by atoms with Crippen LogP contribution < -0.4 is 0 Å². The van der Waals surface area contributed by atoms with E-state index in [0.29, 0.717) is 0 Å². The van der Waals surface area contributed by atoms with Crippen LogP contribution in [0.25, 0.3) is 0 Å². The van der Waals surface area contributed by atoms with Crippen LogP contribution in [0.15, 0.2) is 36.6 Å². The molecule has 0 aliphatic rings. The zero-order valence-corrected chi connectivity index (χ0v) is 11.1. The number of rotatable bonds is 6. The molecular formula is C14H27N. The summed E-state index contributed by atoms with van der Waals surface area (Å²) in [6.07, 6.45) is 9.22. The Hall–Kier alpha value is -0.980. The molecule has 0 rings (SSSR count).